The summed E-state index contributed by atoms with van der Waals surface area (Å²) in [7, 11) is -3.94. The summed E-state index contributed by atoms with van der Waals surface area (Å²) in [5.41, 5.74) is 1.20. The Kier molecular flexibility index (Phi) is 6.42. The summed E-state index contributed by atoms with van der Waals surface area (Å²) in [4.78, 5) is 37.3. The fourth-order valence-corrected chi connectivity index (χ4v) is 4.33. The van der Waals surface area contributed by atoms with Crippen LogP contribution >= 0.6 is 11.6 Å². The van der Waals surface area contributed by atoms with Crippen molar-refractivity contribution in [2.24, 2.45) is 5.92 Å². The van der Waals surface area contributed by atoms with Gasteiger partial charge in [-0.25, -0.2) is 13.1 Å². The largest absolute Gasteiger partial charge is 0.337 e. The van der Waals surface area contributed by atoms with Gasteiger partial charge in [0.1, 0.15) is 0 Å². The predicted octanol–water partition coefficient (Wildman–Crippen LogP) is 2.15. The molecule has 8 nitrogen and oxygen atoms in total. The molecule has 0 bridgehead atoms. The van der Waals surface area contributed by atoms with E-state index in [0.717, 1.165) is 12.5 Å². The van der Waals surface area contributed by atoms with Crippen molar-refractivity contribution in [2.45, 2.75) is 24.8 Å². The summed E-state index contributed by atoms with van der Waals surface area (Å²) in [5.74, 6) is -1.68. The number of halogens is 1. The number of hydrogen-bond donors (Lipinski definition) is 2. The first kappa shape index (κ1) is 21.8. The maximum atomic E-state index is 12.6. The van der Waals surface area contributed by atoms with Gasteiger partial charge in [-0.15, -0.1) is 0 Å². The molecule has 1 aliphatic heterocycles. The van der Waals surface area contributed by atoms with E-state index in [0.29, 0.717) is 17.3 Å². The maximum absolute atomic E-state index is 12.6. The normalized spacial score (nSPS) is 16.4. The third kappa shape index (κ3) is 5.17. The molecule has 1 saturated heterocycles. The zero-order valence-electron chi connectivity index (χ0n) is 16.1. The first-order valence-electron chi connectivity index (χ1n) is 9.11. The zero-order chi connectivity index (χ0) is 21.9. The summed E-state index contributed by atoms with van der Waals surface area (Å²) in [6, 6.07) is 12.6. The van der Waals surface area contributed by atoms with E-state index in [1.165, 1.54) is 24.3 Å². The lowest BCUT2D eigenvalue weighted by molar-refractivity contribution is -0.128. The van der Waals surface area contributed by atoms with Crippen molar-refractivity contribution >= 4 is 45.0 Å². The van der Waals surface area contributed by atoms with E-state index in [1.54, 1.807) is 17.0 Å². The first-order valence-corrected chi connectivity index (χ1v) is 11.0. The molecule has 0 aromatic heterocycles. The minimum absolute atomic E-state index is 0.0886. The highest BCUT2D eigenvalue weighted by molar-refractivity contribution is 7.90. The Morgan fingerprint density at radius 3 is 2.43 bits per heavy atom. The number of carbonyl (C=O) groups excluding carboxylic acids is 3. The van der Waals surface area contributed by atoms with Crippen molar-refractivity contribution in [2.75, 3.05) is 11.9 Å². The van der Waals surface area contributed by atoms with Crippen molar-refractivity contribution in [3.8, 4) is 0 Å². The number of nitrogens with one attached hydrogen (secondary N) is 2. The third-order valence-corrected chi connectivity index (χ3v) is 6.43. The molecule has 1 aliphatic rings. The van der Waals surface area contributed by atoms with Crippen LogP contribution in [-0.2, 0) is 31.0 Å². The van der Waals surface area contributed by atoms with Gasteiger partial charge in [-0.1, -0.05) is 29.8 Å². The average Bonchev–Trinajstić information content (AvgIpc) is 3.04. The monoisotopic (exact) mass is 449 g/mol. The molecule has 1 fully saturated rings. The van der Waals surface area contributed by atoms with Crippen LogP contribution in [0.15, 0.2) is 53.4 Å². The lowest BCUT2D eigenvalue weighted by atomic mass is 10.1. The summed E-state index contributed by atoms with van der Waals surface area (Å²) in [5, 5.41) is 3.26. The Morgan fingerprint density at radius 1 is 1.13 bits per heavy atom. The van der Waals surface area contributed by atoms with Gasteiger partial charge in [0.15, 0.2) is 0 Å². The minimum atomic E-state index is -3.94. The number of carbonyl (C=O) groups is 3. The quantitative estimate of drug-likeness (QED) is 0.701. The molecule has 3 amide bonds. The Hall–Kier alpha value is -2.91. The van der Waals surface area contributed by atoms with Crippen molar-refractivity contribution in [3.05, 3.63) is 59.1 Å². The summed E-state index contributed by atoms with van der Waals surface area (Å²) >= 11 is 6.15. The van der Waals surface area contributed by atoms with Gasteiger partial charge in [0.2, 0.25) is 17.7 Å². The molecule has 2 aromatic carbocycles. The van der Waals surface area contributed by atoms with Crippen LogP contribution in [0.2, 0.25) is 5.02 Å². The molecule has 3 rings (SSSR count). The second kappa shape index (κ2) is 8.85. The van der Waals surface area contributed by atoms with E-state index in [-0.39, 0.29) is 29.7 Å². The van der Waals surface area contributed by atoms with E-state index < -0.39 is 21.8 Å². The summed E-state index contributed by atoms with van der Waals surface area (Å²) in [6.45, 7) is 1.70. The second-order valence-electron chi connectivity index (χ2n) is 6.94. The van der Waals surface area contributed by atoms with E-state index in [1.807, 2.05) is 16.9 Å². The summed E-state index contributed by atoms with van der Waals surface area (Å²) in [6.07, 6.45) is 0.0886. The molecule has 158 valence electrons. The Morgan fingerprint density at radius 2 is 1.80 bits per heavy atom. The topological polar surface area (TPSA) is 113 Å². The molecular weight excluding hydrogens is 430 g/mol. The van der Waals surface area contributed by atoms with Crippen molar-refractivity contribution in [1.29, 1.82) is 0 Å². The number of nitrogens with zero attached hydrogens (tertiary/aromatic N) is 1. The van der Waals surface area contributed by atoms with Crippen molar-refractivity contribution < 1.29 is 22.8 Å². The van der Waals surface area contributed by atoms with E-state index in [9.17, 15) is 22.8 Å². The second-order valence-corrected chi connectivity index (χ2v) is 9.03. The maximum Gasteiger partial charge on any atom is 0.264 e. The highest BCUT2D eigenvalue weighted by Gasteiger charge is 2.34. The van der Waals surface area contributed by atoms with Crippen LogP contribution in [0.4, 0.5) is 5.69 Å². The molecule has 1 unspecified atom stereocenters. The van der Waals surface area contributed by atoms with Gasteiger partial charge >= 0.3 is 0 Å². The number of anilines is 1. The van der Waals surface area contributed by atoms with Gasteiger partial charge in [0.05, 0.1) is 10.8 Å². The van der Waals surface area contributed by atoms with Gasteiger partial charge < -0.3 is 10.2 Å². The third-order valence-electron chi connectivity index (χ3n) is 4.61. The molecule has 30 heavy (non-hydrogen) atoms. The average molecular weight is 450 g/mol. The van der Waals surface area contributed by atoms with Crippen LogP contribution in [0, 0.1) is 5.92 Å². The molecule has 0 saturated carbocycles. The van der Waals surface area contributed by atoms with Crippen LogP contribution < -0.4 is 10.0 Å². The van der Waals surface area contributed by atoms with Crippen LogP contribution in [0.25, 0.3) is 0 Å². The number of benzene rings is 2. The fraction of sp³-hybridized carbons (Fsp3) is 0.250. The molecule has 0 radical (unpaired) electrons. The van der Waals surface area contributed by atoms with Gasteiger partial charge in [-0.05, 0) is 35.9 Å². The standard InChI is InChI=1S/C20H20ClN3O5S/c1-13(25)23-30(28,29)17-8-6-16(7-9-17)22-20(27)15-10-19(26)24(12-15)11-14-4-2-3-5-18(14)21/h2-9,15H,10-12H2,1H3,(H,22,27)(H,23,25). The van der Waals surface area contributed by atoms with E-state index in [2.05, 4.69) is 5.32 Å². The molecule has 0 aliphatic carbocycles. The van der Waals surface area contributed by atoms with Crippen LogP contribution in [0.5, 0.6) is 0 Å². The van der Waals surface area contributed by atoms with Gasteiger partial charge in [-0.3, -0.25) is 14.4 Å². The number of sulfonamides is 1. The molecule has 1 atom stereocenters. The molecule has 1 heterocycles. The van der Waals surface area contributed by atoms with E-state index >= 15 is 0 Å². The lowest BCUT2D eigenvalue weighted by Gasteiger charge is -2.17. The molecule has 2 aromatic rings. The smallest absolute Gasteiger partial charge is 0.264 e. The molecule has 0 spiro atoms. The Labute approximate surface area is 179 Å². The molecule has 2 N–H and O–H groups in total. The van der Waals surface area contributed by atoms with Crippen LogP contribution in [-0.4, -0.2) is 37.6 Å². The van der Waals surface area contributed by atoms with E-state index in [4.69, 9.17) is 11.6 Å². The number of likely N-dealkylation sites (tertiary alicyclic amines) is 1. The number of hydrogen-bond acceptors (Lipinski definition) is 5. The number of amides is 3. The van der Waals surface area contributed by atoms with Gasteiger partial charge in [0, 0.05) is 37.1 Å². The summed E-state index contributed by atoms with van der Waals surface area (Å²) < 4.78 is 25.8. The fourth-order valence-electron chi connectivity index (χ4n) is 3.14. The molecule has 10 heteroatoms. The lowest BCUT2D eigenvalue weighted by Crippen LogP contribution is -2.28. The Balaban J connectivity index is 1.62. The van der Waals surface area contributed by atoms with Crippen molar-refractivity contribution in [3.63, 3.8) is 0 Å². The van der Waals surface area contributed by atoms with Crippen molar-refractivity contribution in [1.82, 2.24) is 9.62 Å². The molecular formula is C20H20ClN3O5S. The van der Waals surface area contributed by atoms with Gasteiger partial charge in [0.25, 0.3) is 10.0 Å². The highest BCUT2D eigenvalue weighted by atomic mass is 35.5. The Bertz CT molecular complexity index is 1090. The highest BCUT2D eigenvalue weighted by Crippen LogP contribution is 2.25. The SMILES string of the molecule is CC(=O)NS(=O)(=O)c1ccc(NC(=O)C2CC(=O)N(Cc3ccccc3Cl)C2)cc1. The van der Waals surface area contributed by atoms with Gasteiger partial charge in [-0.2, -0.15) is 0 Å². The minimum Gasteiger partial charge on any atom is -0.337 e. The number of rotatable bonds is 6. The zero-order valence-corrected chi connectivity index (χ0v) is 17.7. The predicted molar refractivity (Wildman–Crippen MR) is 111 cm³/mol. The van der Waals surface area contributed by atoms with Crippen LogP contribution in [0.1, 0.15) is 18.9 Å². The first-order chi connectivity index (χ1) is 14.2. The van der Waals surface area contributed by atoms with Crippen LogP contribution in [0.3, 0.4) is 0 Å².